The molecule has 1 aliphatic heterocycles. The van der Waals surface area contributed by atoms with Crippen LogP contribution in [0, 0.1) is 10.1 Å². The molecule has 1 atom stereocenters. The van der Waals surface area contributed by atoms with Gasteiger partial charge in [-0.25, -0.2) is 0 Å². The number of rotatable bonds is 8. The smallest absolute Gasteiger partial charge is 0.376 e. The Hall–Kier alpha value is -2.11. The Labute approximate surface area is 179 Å². The molecule has 0 spiro atoms. The molecule has 0 saturated carbocycles. The molecule has 2 heterocycles. The molecule has 2 aromatic rings. The highest BCUT2D eigenvalue weighted by atomic mass is 32.2. The number of carbonyl (C=O) groups excluding carboxylic acids is 1. The Morgan fingerprint density at radius 3 is 2.77 bits per heavy atom. The number of nitro groups is 1. The third kappa shape index (κ3) is 5.96. The first-order valence-corrected chi connectivity index (χ1v) is 11.0. The third-order valence-electron chi connectivity index (χ3n) is 4.56. The molecule has 1 aromatic carbocycles. The van der Waals surface area contributed by atoms with Crippen LogP contribution in [0.1, 0.15) is 23.3 Å². The fourth-order valence-corrected chi connectivity index (χ4v) is 4.70. The fourth-order valence-electron chi connectivity index (χ4n) is 3.07. The number of nitrogens with zero attached hydrogens (tertiary/aromatic N) is 2. The van der Waals surface area contributed by atoms with Crippen molar-refractivity contribution in [2.24, 2.45) is 0 Å². The second kappa shape index (κ2) is 9.80. The molecular formula is C19H19F3N2O4S2. The Kier molecular flexibility index (Phi) is 7.37. The van der Waals surface area contributed by atoms with Crippen molar-refractivity contribution in [1.29, 1.82) is 0 Å². The van der Waals surface area contributed by atoms with Gasteiger partial charge in [-0.3, -0.25) is 14.9 Å². The summed E-state index contributed by atoms with van der Waals surface area (Å²) < 4.78 is 44.2. The van der Waals surface area contributed by atoms with Crippen molar-refractivity contribution < 1.29 is 27.6 Å². The number of thiophene rings is 1. The van der Waals surface area contributed by atoms with Crippen molar-refractivity contribution >= 4 is 34.7 Å². The van der Waals surface area contributed by atoms with E-state index < -0.39 is 22.4 Å². The summed E-state index contributed by atoms with van der Waals surface area (Å²) in [6, 6.07) is 6.13. The molecule has 1 unspecified atom stereocenters. The van der Waals surface area contributed by atoms with Crippen LogP contribution >= 0.6 is 23.1 Å². The molecule has 0 bridgehead atoms. The van der Waals surface area contributed by atoms with Crippen molar-refractivity contribution in [3.8, 4) is 0 Å². The van der Waals surface area contributed by atoms with Crippen molar-refractivity contribution in [3.05, 3.63) is 56.3 Å². The number of amides is 1. The molecule has 0 N–H and O–H groups in total. The summed E-state index contributed by atoms with van der Waals surface area (Å²) >= 11 is 2.38. The highest BCUT2D eigenvalue weighted by molar-refractivity contribution is 8.00. The Morgan fingerprint density at radius 1 is 1.37 bits per heavy atom. The van der Waals surface area contributed by atoms with E-state index >= 15 is 0 Å². The quantitative estimate of drug-likeness (QED) is 0.316. The second-order valence-corrected chi connectivity index (χ2v) is 8.76. The van der Waals surface area contributed by atoms with E-state index in [1.165, 1.54) is 11.3 Å². The van der Waals surface area contributed by atoms with Gasteiger partial charge in [-0.1, -0.05) is 6.07 Å². The van der Waals surface area contributed by atoms with Gasteiger partial charge in [0.25, 0.3) is 5.69 Å². The Bertz CT molecular complexity index is 884. The van der Waals surface area contributed by atoms with E-state index in [-0.39, 0.29) is 22.7 Å². The van der Waals surface area contributed by atoms with E-state index in [4.69, 9.17) is 4.74 Å². The molecule has 1 aliphatic rings. The van der Waals surface area contributed by atoms with Crippen LogP contribution in [0.25, 0.3) is 0 Å². The summed E-state index contributed by atoms with van der Waals surface area (Å²) in [4.78, 5) is 25.9. The van der Waals surface area contributed by atoms with E-state index in [2.05, 4.69) is 0 Å². The molecule has 0 radical (unpaired) electrons. The van der Waals surface area contributed by atoms with Gasteiger partial charge >= 0.3 is 6.18 Å². The SMILES string of the molecule is O=C(CSc1ccc(C(F)(F)F)cc1[N+](=O)[O-])N(Cc1cccs1)CC1CCCO1. The fraction of sp³-hybridized carbons (Fsp3) is 0.421. The molecule has 162 valence electrons. The molecule has 30 heavy (non-hydrogen) atoms. The lowest BCUT2D eigenvalue weighted by Gasteiger charge is -2.25. The first kappa shape index (κ1) is 22.6. The van der Waals surface area contributed by atoms with Crippen LogP contribution in [0.5, 0.6) is 0 Å². The number of nitro benzene ring substituents is 1. The minimum atomic E-state index is -4.68. The lowest BCUT2D eigenvalue weighted by Crippen LogP contribution is -2.37. The van der Waals surface area contributed by atoms with E-state index in [1.807, 2.05) is 17.5 Å². The molecule has 3 rings (SSSR count). The van der Waals surface area contributed by atoms with Crippen molar-refractivity contribution in [1.82, 2.24) is 4.90 Å². The van der Waals surface area contributed by atoms with Gasteiger partial charge in [-0.05, 0) is 36.4 Å². The maximum absolute atomic E-state index is 12.9. The van der Waals surface area contributed by atoms with Gasteiger partial charge in [0.05, 0.1) is 33.8 Å². The number of hydrogen-bond acceptors (Lipinski definition) is 6. The van der Waals surface area contributed by atoms with E-state index in [1.54, 1.807) is 4.90 Å². The number of carbonyl (C=O) groups is 1. The Balaban J connectivity index is 1.71. The molecule has 1 amide bonds. The zero-order valence-corrected chi connectivity index (χ0v) is 17.4. The lowest BCUT2D eigenvalue weighted by molar-refractivity contribution is -0.388. The Morgan fingerprint density at radius 2 is 2.17 bits per heavy atom. The summed E-state index contributed by atoms with van der Waals surface area (Å²) in [5, 5.41) is 13.1. The van der Waals surface area contributed by atoms with Crippen LogP contribution in [0.4, 0.5) is 18.9 Å². The summed E-state index contributed by atoms with van der Waals surface area (Å²) in [5.74, 6) is -0.372. The van der Waals surface area contributed by atoms with Gasteiger partial charge in [0, 0.05) is 24.1 Å². The standard InChI is InChI=1S/C19H19F3N2O4S2/c20-19(21,22)13-5-6-17(16(9-13)24(26)27)30-12-18(25)23(10-14-3-1-7-28-14)11-15-4-2-8-29-15/h2,4-6,8-9,14H,1,3,7,10-12H2. The van der Waals surface area contributed by atoms with E-state index in [9.17, 15) is 28.1 Å². The lowest BCUT2D eigenvalue weighted by atomic mass is 10.2. The third-order valence-corrected chi connectivity index (χ3v) is 6.47. The van der Waals surface area contributed by atoms with Crippen LogP contribution in [0.15, 0.2) is 40.6 Å². The van der Waals surface area contributed by atoms with Crippen molar-refractivity contribution in [2.75, 3.05) is 18.9 Å². The molecular weight excluding hydrogens is 441 g/mol. The monoisotopic (exact) mass is 460 g/mol. The summed E-state index contributed by atoms with van der Waals surface area (Å²) in [5.41, 5.74) is -1.76. The summed E-state index contributed by atoms with van der Waals surface area (Å²) in [7, 11) is 0. The molecule has 1 saturated heterocycles. The zero-order chi connectivity index (χ0) is 21.7. The van der Waals surface area contributed by atoms with Gasteiger partial charge < -0.3 is 9.64 Å². The second-order valence-electron chi connectivity index (χ2n) is 6.71. The van der Waals surface area contributed by atoms with Gasteiger partial charge in [0.15, 0.2) is 0 Å². The molecule has 1 aromatic heterocycles. The number of halogens is 3. The first-order valence-electron chi connectivity index (χ1n) is 9.14. The number of alkyl halides is 3. The molecule has 1 fully saturated rings. The highest BCUT2D eigenvalue weighted by Gasteiger charge is 2.33. The van der Waals surface area contributed by atoms with Gasteiger partial charge in [0.1, 0.15) is 0 Å². The number of thioether (sulfide) groups is 1. The first-order chi connectivity index (χ1) is 14.2. The van der Waals surface area contributed by atoms with Crippen LogP contribution in [-0.4, -0.2) is 40.7 Å². The molecule has 0 aliphatic carbocycles. The van der Waals surface area contributed by atoms with Gasteiger partial charge in [-0.2, -0.15) is 13.2 Å². The van der Waals surface area contributed by atoms with Crippen LogP contribution < -0.4 is 0 Å². The largest absolute Gasteiger partial charge is 0.416 e. The number of hydrogen-bond donors (Lipinski definition) is 0. The predicted octanol–water partition coefficient (Wildman–Crippen LogP) is 4.98. The van der Waals surface area contributed by atoms with Crippen LogP contribution in [0.2, 0.25) is 0 Å². The maximum Gasteiger partial charge on any atom is 0.416 e. The topological polar surface area (TPSA) is 72.7 Å². The summed E-state index contributed by atoms with van der Waals surface area (Å²) in [6.45, 7) is 1.45. The maximum atomic E-state index is 12.9. The average molecular weight is 460 g/mol. The van der Waals surface area contributed by atoms with Crippen molar-refractivity contribution in [3.63, 3.8) is 0 Å². The normalized spacial score (nSPS) is 16.6. The molecule has 6 nitrogen and oxygen atoms in total. The zero-order valence-electron chi connectivity index (χ0n) is 15.8. The minimum absolute atomic E-state index is 0.0227. The predicted molar refractivity (Wildman–Crippen MR) is 108 cm³/mol. The van der Waals surface area contributed by atoms with Crippen LogP contribution in [-0.2, 0) is 22.3 Å². The van der Waals surface area contributed by atoms with Gasteiger partial charge in [0.2, 0.25) is 5.91 Å². The summed E-state index contributed by atoms with van der Waals surface area (Å²) in [6.07, 6.45) is -2.95. The number of benzene rings is 1. The van der Waals surface area contributed by atoms with E-state index in [0.29, 0.717) is 25.8 Å². The van der Waals surface area contributed by atoms with Crippen molar-refractivity contribution in [2.45, 2.75) is 36.6 Å². The van der Waals surface area contributed by atoms with E-state index in [0.717, 1.165) is 41.6 Å². The van der Waals surface area contributed by atoms with Crippen LogP contribution in [0.3, 0.4) is 0 Å². The average Bonchev–Trinajstić information content (AvgIpc) is 3.38. The minimum Gasteiger partial charge on any atom is -0.376 e. The number of ether oxygens (including phenoxy) is 1. The van der Waals surface area contributed by atoms with Gasteiger partial charge in [-0.15, -0.1) is 23.1 Å². The highest BCUT2D eigenvalue weighted by Crippen LogP contribution is 2.36. The molecule has 11 heteroatoms.